The molecule has 9 aromatic carbocycles. The Kier molecular flexibility index (Phi) is 6.53. The smallest absolute Gasteiger partial charge is 0.0625 e. The minimum absolute atomic E-state index is 1.12. The SMILES string of the molecule is c1ccc(N(c2ccc(-c3ccc(-n4c5ccccc5c5c6ccccc6c6ccccc6c54)cc3)cc2)c2ccc3ccccc3c2)cc1. The first-order valence-corrected chi connectivity index (χ1v) is 17.2. The van der Waals surface area contributed by atoms with Crippen LogP contribution in [0.4, 0.5) is 17.1 Å². The Balaban J connectivity index is 1.07. The third kappa shape index (κ3) is 4.50. The van der Waals surface area contributed by atoms with Crippen molar-refractivity contribution in [1.29, 1.82) is 0 Å². The van der Waals surface area contributed by atoms with Gasteiger partial charge < -0.3 is 9.47 Å². The van der Waals surface area contributed by atoms with Crippen LogP contribution in [0.25, 0.3) is 70.9 Å². The van der Waals surface area contributed by atoms with Crippen LogP contribution >= 0.6 is 0 Å². The molecular formula is C48H32N2. The average Bonchev–Trinajstić information content (AvgIpc) is 3.55. The molecule has 10 rings (SSSR count). The Bertz CT molecular complexity index is 2850. The van der Waals surface area contributed by atoms with Gasteiger partial charge in [0.2, 0.25) is 0 Å². The second kappa shape index (κ2) is 11.5. The number of rotatable bonds is 5. The Morgan fingerprint density at radius 1 is 0.340 bits per heavy atom. The molecule has 2 nitrogen and oxygen atoms in total. The first kappa shape index (κ1) is 28.4. The summed E-state index contributed by atoms with van der Waals surface area (Å²) in [5.74, 6) is 0. The van der Waals surface area contributed by atoms with Crippen molar-refractivity contribution in [3.8, 4) is 16.8 Å². The number of aromatic nitrogens is 1. The number of fused-ring (bicyclic) bond motifs is 9. The third-order valence-electron chi connectivity index (χ3n) is 10.1. The molecule has 0 amide bonds. The number of anilines is 3. The van der Waals surface area contributed by atoms with E-state index in [-0.39, 0.29) is 0 Å². The Hall–Kier alpha value is -6.64. The number of nitrogens with zero attached hydrogens (tertiary/aromatic N) is 2. The zero-order valence-electron chi connectivity index (χ0n) is 27.4. The third-order valence-corrected chi connectivity index (χ3v) is 10.1. The molecule has 0 aliphatic rings. The number of para-hydroxylation sites is 2. The summed E-state index contributed by atoms with van der Waals surface area (Å²) in [7, 11) is 0. The molecule has 0 unspecified atom stereocenters. The van der Waals surface area contributed by atoms with Gasteiger partial charge in [0.25, 0.3) is 0 Å². The molecule has 0 bridgehead atoms. The summed E-state index contributed by atoms with van der Waals surface area (Å²) >= 11 is 0. The summed E-state index contributed by atoms with van der Waals surface area (Å²) < 4.78 is 2.45. The van der Waals surface area contributed by atoms with Crippen molar-refractivity contribution in [2.24, 2.45) is 0 Å². The van der Waals surface area contributed by atoms with Crippen LogP contribution in [0, 0.1) is 0 Å². The molecule has 0 saturated heterocycles. The quantitative estimate of drug-likeness (QED) is 0.171. The summed E-state index contributed by atoms with van der Waals surface area (Å²) in [6, 6.07) is 70.3. The van der Waals surface area contributed by atoms with E-state index in [2.05, 4.69) is 204 Å². The molecule has 0 N–H and O–H groups in total. The van der Waals surface area contributed by atoms with Crippen molar-refractivity contribution in [2.75, 3.05) is 4.90 Å². The van der Waals surface area contributed by atoms with E-state index in [0.29, 0.717) is 0 Å². The topological polar surface area (TPSA) is 8.17 Å². The van der Waals surface area contributed by atoms with Crippen LogP contribution in [0.1, 0.15) is 0 Å². The lowest BCUT2D eigenvalue weighted by atomic mass is 9.97. The van der Waals surface area contributed by atoms with E-state index in [1.165, 1.54) is 65.3 Å². The maximum atomic E-state index is 2.45. The molecule has 0 aliphatic carbocycles. The van der Waals surface area contributed by atoms with E-state index in [1.807, 2.05) is 0 Å². The van der Waals surface area contributed by atoms with Gasteiger partial charge in [0.15, 0.2) is 0 Å². The molecule has 0 spiro atoms. The van der Waals surface area contributed by atoms with Crippen LogP contribution in [-0.4, -0.2) is 4.57 Å². The fourth-order valence-electron chi connectivity index (χ4n) is 7.84. The molecular weight excluding hydrogens is 605 g/mol. The van der Waals surface area contributed by atoms with Crippen LogP contribution in [0.3, 0.4) is 0 Å². The van der Waals surface area contributed by atoms with Crippen LogP contribution in [0.15, 0.2) is 194 Å². The van der Waals surface area contributed by atoms with Crippen molar-refractivity contribution in [2.45, 2.75) is 0 Å². The summed E-state index contributed by atoms with van der Waals surface area (Å²) in [6.07, 6.45) is 0. The number of benzene rings is 9. The minimum atomic E-state index is 1.12. The van der Waals surface area contributed by atoms with E-state index in [0.717, 1.165) is 22.7 Å². The molecule has 1 aromatic heterocycles. The van der Waals surface area contributed by atoms with Crippen molar-refractivity contribution in [3.63, 3.8) is 0 Å². The molecule has 0 fully saturated rings. The van der Waals surface area contributed by atoms with Crippen LogP contribution in [0.5, 0.6) is 0 Å². The molecule has 0 atom stereocenters. The second-order valence-corrected chi connectivity index (χ2v) is 13.0. The maximum Gasteiger partial charge on any atom is 0.0625 e. The van der Waals surface area contributed by atoms with Gasteiger partial charge in [0.05, 0.1) is 11.0 Å². The van der Waals surface area contributed by atoms with Crippen LogP contribution in [-0.2, 0) is 0 Å². The summed E-state index contributed by atoms with van der Waals surface area (Å²) in [5.41, 5.74) is 9.39. The lowest BCUT2D eigenvalue weighted by Gasteiger charge is -2.26. The largest absolute Gasteiger partial charge is 0.310 e. The molecule has 1 heterocycles. The van der Waals surface area contributed by atoms with Crippen LogP contribution < -0.4 is 4.90 Å². The van der Waals surface area contributed by atoms with Gasteiger partial charge in [-0.15, -0.1) is 0 Å². The van der Waals surface area contributed by atoms with Gasteiger partial charge >= 0.3 is 0 Å². The van der Waals surface area contributed by atoms with E-state index >= 15 is 0 Å². The van der Waals surface area contributed by atoms with Crippen molar-refractivity contribution < 1.29 is 0 Å². The average molecular weight is 637 g/mol. The highest BCUT2D eigenvalue weighted by Gasteiger charge is 2.19. The fourth-order valence-corrected chi connectivity index (χ4v) is 7.84. The predicted octanol–water partition coefficient (Wildman–Crippen LogP) is 13.4. The highest BCUT2D eigenvalue weighted by molar-refractivity contribution is 6.32. The van der Waals surface area contributed by atoms with E-state index in [1.54, 1.807) is 0 Å². The summed E-state index contributed by atoms with van der Waals surface area (Å²) in [4.78, 5) is 2.33. The standard InChI is InChI=1S/C48H32N2/c1-2-14-37(15-3-1)49(40-31-26-33-12-4-5-13-36(33)32-40)38-27-22-34(23-28-38)35-24-29-39(30-25-35)50-46-21-11-10-20-45(46)47-43-18-8-6-16-41(43)42-17-7-9-19-44(42)48(47)50/h1-32H. The van der Waals surface area contributed by atoms with Gasteiger partial charge in [0.1, 0.15) is 0 Å². The zero-order chi connectivity index (χ0) is 33.0. The summed E-state index contributed by atoms with van der Waals surface area (Å²) in [6.45, 7) is 0. The van der Waals surface area contributed by atoms with E-state index in [9.17, 15) is 0 Å². The Morgan fingerprint density at radius 2 is 0.860 bits per heavy atom. The highest BCUT2D eigenvalue weighted by atomic mass is 15.1. The van der Waals surface area contributed by atoms with Gasteiger partial charge in [-0.3, -0.25) is 0 Å². The molecule has 50 heavy (non-hydrogen) atoms. The van der Waals surface area contributed by atoms with Gasteiger partial charge in [-0.2, -0.15) is 0 Å². The van der Waals surface area contributed by atoms with Crippen molar-refractivity contribution in [1.82, 2.24) is 4.57 Å². The Labute approximate surface area is 290 Å². The normalized spacial score (nSPS) is 11.6. The van der Waals surface area contributed by atoms with Gasteiger partial charge in [0, 0.05) is 38.9 Å². The molecule has 234 valence electrons. The fraction of sp³-hybridized carbons (Fsp3) is 0. The summed E-state index contributed by atoms with van der Waals surface area (Å²) in [5, 5.41) is 10.2. The first-order valence-electron chi connectivity index (χ1n) is 17.2. The highest BCUT2D eigenvalue weighted by Crippen LogP contribution is 2.43. The van der Waals surface area contributed by atoms with Crippen molar-refractivity contribution in [3.05, 3.63) is 194 Å². The van der Waals surface area contributed by atoms with Gasteiger partial charge in [-0.05, 0) is 92.7 Å². The predicted molar refractivity (Wildman–Crippen MR) is 213 cm³/mol. The van der Waals surface area contributed by atoms with Crippen LogP contribution in [0.2, 0.25) is 0 Å². The lowest BCUT2D eigenvalue weighted by Crippen LogP contribution is -2.09. The number of hydrogen-bond acceptors (Lipinski definition) is 1. The maximum absolute atomic E-state index is 2.45. The molecule has 2 heteroatoms. The first-order chi connectivity index (χ1) is 24.8. The second-order valence-electron chi connectivity index (χ2n) is 13.0. The Morgan fingerprint density at radius 3 is 1.60 bits per heavy atom. The molecule has 0 radical (unpaired) electrons. The van der Waals surface area contributed by atoms with Crippen molar-refractivity contribution >= 4 is 71.2 Å². The minimum Gasteiger partial charge on any atom is -0.310 e. The van der Waals surface area contributed by atoms with E-state index < -0.39 is 0 Å². The van der Waals surface area contributed by atoms with Gasteiger partial charge in [-0.25, -0.2) is 0 Å². The molecule has 0 aliphatic heterocycles. The van der Waals surface area contributed by atoms with E-state index in [4.69, 9.17) is 0 Å². The monoisotopic (exact) mass is 636 g/mol. The molecule has 10 aromatic rings. The zero-order valence-corrected chi connectivity index (χ0v) is 27.4. The molecule has 0 saturated carbocycles. The lowest BCUT2D eigenvalue weighted by molar-refractivity contribution is 1.19. The van der Waals surface area contributed by atoms with Gasteiger partial charge in [-0.1, -0.05) is 140 Å². The number of hydrogen-bond donors (Lipinski definition) is 0.